The maximum atomic E-state index is 12.5. The molecule has 2 aromatic rings. The van der Waals surface area contributed by atoms with Gasteiger partial charge in [0.05, 0.1) is 17.7 Å². The lowest BCUT2D eigenvalue weighted by molar-refractivity contribution is -0.116. The number of hydrogen-bond acceptors (Lipinski definition) is 4. The molecule has 0 radical (unpaired) electrons. The molecule has 152 valence electrons. The molecule has 0 bridgehead atoms. The van der Waals surface area contributed by atoms with E-state index in [2.05, 4.69) is 21.2 Å². The van der Waals surface area contributed by atoms with Gasteiger partial charge in [0.15, 0.2) is 0 Å². The largest absolute Gasteiger partial charge is 0.495 e. The van der Waals surface area contributed by atoms with E-state index in [1.54, 1.807) is 43.5 Å². The van der Waals surface area contributed by atoms with E-state index in [1.807, 2.05) is 19.9 Å². The van der Waals surface area contributed by atoms with Crippen LogP contribution in [0.4, 0.5) is 5.69 Å². The zero-order valence-electron chi connectivity index (χ0n) is 16.2. The number of halogens is 1. The molecule has 0 aromatic heterocycles. The minimum absolute atomic E-state index is 0.142. The first kappa shape index (κ1) is 22.4. The molecular weight excluding hydrogens is 444 g/mol. The third-order valence-corrected chi connectivity index (χ3v) is 6.90. The van der Waals surface area contributed by atoms with Crippen molar-refractivity contribution < 1.29 is 17.9 Å². The van der Waals surface area contributed by atoms with E-state index in [0.29, 0.717) is 30.9 Å². The van der Waals surface area contributed by atoms with Crippen molar-refractivity contribution in [2.75, 3.05) is 25.5 Å². The van der Waals surface area contributed by atoms with Crippen LogP contribution >= 0.6 is 15.9 Å². The molecule has 1 N–H and O–H groups in total. The van der Waals surface area contributed by atoms with E-state index in [4.69, 9.17) is 4.74 Å². The fourth-order valence-corrected chi connectivity index (χ4v) is 4.61. The molecule has 0 aliphatic heterocycles. The number of rotatable bonds is 9. The van der Waals surface area contributed by atoms with Gasteiger partial charge in [-0.1, -0.05) is 41.9 Å². The topological polar surface area (TPSA) is 75.7 Å². The van der Waals surface area contributed by atoms with Gasteiger partial charge in [-0.3, -0.25) is 4.79 Å². The number of carbonyl (C=O) groups excluding carboxylic acids is 1. The summed E-state index contributed by atoms with van der Waals surface area (Å²) in [4.78, 5) is 12.5. The van der Waals surface area contributed by atoms with Gasteiger partial charge in [-0.15, -0.1) is 0 Å². The van der Waals surface area contributed by atoms with Crippen molar-refractivity contribution >= 4 is 37.5 Å². The van der Waals surface area contributed by atoms with Gasteiger partial charge in [0.25, 0.3) is 0 Å². The van der Waals surface area contributed by atoms with Crippen LogP contribution in [0.25, 0.3) is 0 Å². The number of methoxy groups -OCH3 is 1. The van der Waals surface area contributed by atoms with Gasteiger partial charge in [-0.05, 0) is 42.3 Å². The molecule has 0 heterocycles. The smallest absolute Gasteiger partial charge is 0.243 e. The number of amides is 1. The Morgan fingerprint density at radius 1 is 1.11 bits per heavy atom. The molecule has 0 saturated carbocycles. The first-order chi connectivity index (χ1) is 13.3. The number of carbonyl (C=O) groups is 1. The summed E-state index contributed by atoms with van der Waals surface area (Å²) in [6.45, 7) is 4.49. The van der Waals surface area contributed by atoms with Crippen molar-refractivity contribution in [1.82, 2.24) is 4.31 Å². The Morgan fingerprint density at radius 3 is 2.32 bits per heavy atom. The molecular formula is C20H25BrN2O4S. The van der Waals surface area contributed by atoms with E-state index in [9.17, 15) is 13.2 Å². The molecule has 0 atom stereocenters. The number of nitrogens with zero attached hydrogens (tertiary/aromatic N) is 1. The first-order valence-corrected chi connectivity index (χ1v) is 11.3. The summed E-state index contributed by atoms with van der Waals surface area (Å²) in [5, 5.41) is 2.84. The van der Waals surface area contributed by atoms with Crippen LogP contribution < -0.4 is 10.1 Å². The van der Waals surface area contributed by atoms with E-state index in [1.165, 1.54) is 4.31 Å². The average Bonchev–Trinajstić information content (AvgIpc) is 2.67. The summed E-state index contributed by atoms with van der Waals surface area (Å²) in [5.41, 5.74) is 1.50. The maximum Gasteiger partial charge on any atom is 0.243 e. The monoisotopic (exact) mass is 468 g/mol. The minimum Gasteiger partial charge on any atom is -0.495 e. The second-order valence-corrected chi connectivity index (χ2v) is 8.98. The molecule has 2 rings (SSSR count). The molecule has 0 aliphatic carbocycles. The maximum absolute atomic E-state index is 12.5. The zero-order valence-corrected chi connectivity index (χ0v) is 18.6. The van der Waals surface area contributed by atoms with Gasteiger partial charge in [0.1, 0.15) is 5.75 Å². The summed E-state index contributed by atoms with van der Waals surface area (Å²) < 4.78 is 32.5. The summed E-state index contributed by atoms with van der Waals surface area (Å²) in [7, 11) is -1.92. The van der Waals surface area contributed by atoms with Crippen LogP contribution in [0, 0.1) is 0 Å². The third kappa shape index (κ3) is 5.56. The number of nitrogens with one attached hydrogen (secondary N) is 1. The predicted octanol–water partition coefficient (Wildman–Crippen LogP) is 4.06. The van der Waals surface area contributed by atoms with E-state index in [-0.39, 0.29) is 17.2 Å². The highest BCUT2D eigenvalue weighted by molar-refractivity contribution is 9.10. The molecule has 0 unspecified atom stereocenters. The van der Waals surface area contributed by atoms with Crippen molar-refractivity contribution in [3.05, 3.63) is 52.5 Å². The van der Waals surface area contributed by atoms with Crippen molar-refractivity contribution in [2.24, 2.45) is 0 Å². The lowest BCUT2D eigenvalue weighted by Gasteiger charge is -2.18. The highest BCUT2D eigenvalue weighted by atomic mass is 79.9. The molecule has 0 spiro atoms. The van der Waals surface area contributed by atoms with Gasteiger partial charge < -0.3 is 10.1 Å². The van der Waals surface area contributed by atoms with Crippen molar-refractivity contribution in [2.45, 2.75) is 31.6 Å². The molecule has 2 aromatic carbocycles. The second kappa shape index (κ2) is 10.0. The van der Waals surface area contributed by atoms with Gasteiger partial charge in [0.2, 0.25) is 15.9 Å². The Labute approximate surface area is 175 Å². The predicted molar refractivity (Wildman–Crippen MR) is 114 cm³/mol. The average molecular weight is 469 g/mol. The van der Waals surface area contributed by atoms with Crippen LogP contribution in [-0.2, 0) is 21.2 Å². The van der Waals surface area contributed by atoms with Gasteiger partial charge in [-0.25, -0.2) is 8.42 Å². The van der Waals surface area contributed by atoms with Gasteiger partial charge in [-0.2, -0.15) is 4.31 Å². The molecule has 1 amide bonds. The minimum atomic E-state index is -3.47. The summed E-state index contributed by atoms with van der Waals surface area (Å²) in [6, 6.07) is 12.1. The molecule has 6 nitrogen and oxygen atoms in total. The Kier molecular flexibility index (Phi) is 8.03. The fourth-order valence-electron chi connectivity index (χ4n) is 2.79. The number of aryl methyl sites for hydroxylation is 1. The lowest BCUT2D eigenvalue weighted by Crippen LogP contribution is -2.30. The van der Waals surface area contributed by atoms with Crippen LogP contribution in [0.1, 0.15) is 25.8 Å². The summed E-state index contributed by atoms with van der Waals surface area (Å²) in [5.74, 6) is 0.443. The molecule has 28 heavy (non-hydrogen) atoms. The van der Waals surface area contributed by atoms with Crippen LogP contribution in [0.15, 0.2) is 51.8 Å². The highest BCUT2D eigenvalue weighted by Crippen LogP contribution is 2.28. The SMILES string of the molecule is CCN(CC)S(=O)(=O)c1ccc(CCC(=O)Nc2cc(Br)ccc2OC)cc1. The quantitative estimate of drug-likeness (QED) is 0.601. The number of sulfonamides is 1. The Hall–Kier alpha value is -1.90. The normalized spacial score (nSPS) is 11.5. The van der Waals surface area contributed by atoms with Crippen molar-refractivity contribution in [3.63, 3.8) is 0 Å². The summed E-state index contributed by atoms with van der Waals surface area (Å²) >= 11 is 3.37. The molecule has 0 saturated heterocycles. The van der Waals surface area contributed by atoms with Crippen LogP contribution in [0.3, 0.4) is 0 Å². The van der Waals surface area contributed by atoms with Crippen molar-refractivity contribution in [1.29, 1.82) is 0 Å². The van der Waals surface area contributed by atoms with E-state index >= 15 is 0 Å². The fraction of sp³-hybridized carbons (Fsp3) is 0.350. The third-order valence-electron chi connectivity index (χ3n) is 4.34. The van der Waals surface area contributed by atoms with E-state index < -0.39 is 10.0 Å². The van der Waals surface area contributed by atoms with Crippen molar-refractivity contribution in [3.8, 4) is 5.75 Å². The Morgan fingerprint density at radius 2 is 1.75 bits per heavy atom. The molecule has 8 heteroatoms. The summed E-state index contributed by atoms with van der Waals surface area (Å²) in [6.07, 6.45) is 0.783. The van der Waals surface area contributed by atoms with Crippen LogP contribution in [0.2, 0.25) is 0 Å². The van der Waals surface area contributed by atoms with E-state index in [0.717, 1.165) is 10.0 Å². The molecule has 0 aliphatic rings. The number of benzene rings is 2. The second-order valence-electron chi connectivity index (χ2n) is 6.13. The van der Waals surface area contributed by atoms with Crippen LogP contribution in [-0.4, -0.2) is 38.8 Å². The number of anilines is 1. The lowest BCUT2D eigenvalue weighted by atomic mass is 10.1. The van der Waals surface area contributed by atoms with Gasteiger partial charge in [0, 0.05) is 24.0 Å². The number of hydrogen-bond donors (Lipinski definition) is 1. The zero-order chi connectivity index (χ0) is 20.7. The Bertz CT molecular complexity index is 910. The number of ether oxygens (including phenoxy) is 1. The van der Waals surface area contributed by atoms with Gasteiger partial charge >= 0.3 is 0 Å². The highest BCUT2D eigenvalue weighted by Gasteiger charge is 2.21. The Balaban J connectivity index is 2.00. The molecule has 0 fully saturated rings. The standard InChI is InChI=1S/C20H25BrN2O4S/c1-4-23(5-2)28(25,26)17-10-6-15(7-11-17)8-13-20(24)22-18-14-16(21)9-12-19(18)27-3/h6-7,9-12,14H,4-5,8,13H2,1-3H3,(H,22,24). The van der Waals surface area contributed by atoms with Crippen LogP contribution in [0.5, 0.6) is 5.75 Å². The first-order valence-electron chi connectivity index (χ1n) is 9.04.